The maximum Gasteiger partial charge on any atom is 0.0801 e. The zero-order valence-electron chi connectivity index (χ0n) is 7.75. The number of aliphatic hydroxyl groups excluding tert-OH is 2. The Kier molecular flexibility index (Phi) is 9.10. The third-order valence-electron chi connectivity index (χ3n) is 2.16. The van der Waals surface area contributed by atoms with Crippen molar-refractivity contribution < 1.29 is 10.2 Å². The second kappa shape index (κ2) is 7.56. The Morgan fingerprint density at radius 3 is 2.00 bits per heavy atom. The maximum absolute atomic E-state index is 9.37. The lowest BCUT2D eigenvalue weighted by atomic mass is 9.87. The molecule has 0 aliphatic heterocycles. The molecule has 0 aliphatic rings. The van der Waals surface area contributed by atoms with Gasteiger partial charge in [-0.2, -0.15) is 0 Å². The van der Waals surface area contributed by atoms with Gasteiger partial charge in [-0.05, 0) is 18.3 Å². The van der Waals surface area contributed by atoms with Crippen molar-refractivity contribution in [3.05, 3.63) is 0 Å². The fourth-order valence-corrected chi connectivity index (χ4v) is 1.44. The number of hydrogen-bond acceptors (Lipinski definition) is 2. The van der Waals surface area contributed by atoms with Gasteiger partial charge >= 0.3 is 0 Å². The van der Waals surface area contributed by atoms with E-state index in [0.29, 0.717) is 5.92 Å². The summed E-state index contributed by atoms with van der Waals surface area (Å²) in [4.78, 5) is 0. The summed E-state index contributed by atoms with van der Waals surface area (Å²) < 4.78 is 0. The third kappa shape index (κ3) is 4.73. The molecule has 0 aromatic rings. The molecular formula is C10H24O2. The standard InChI is InChI=1S/C9H20O2.CH4/c1-4-5-8(7(2)3)9(11)6-10;/h7-11H,4-6H2,1-3H3;1H4/t8-,9-;/m1./s1. The smallest absolute Gasteiger partial charge is 0.0801 e. The van der Waals surface area contributed by atoms with Crippen LogP contribution in [0.2, 0.25) is 0 Å². The fourth-order valence-electron chi connectivity index (χ4n) is 1.44. The average molecular weight is 176 g/mol. The summed E-state index contributed by atoms with van der Waals surface area (Å²) in [5, 5.41) is 18.1. The van der Waals surface area contributed by atoms with E-state index in [4.69, 9.17) is 5.11 Å². The van der Waals surface area contributed by atoms with E-state index in [2.05, 4.69) is 20.8 Å². The van der Waals surface area contributed by atoms with E-state index in [9.17, 15) is 5.11 Å². The van der Waals surface area contributed by atoms with Gasteiger partial charge in [-0.25, -0.2) is 0 Å². The molecule has 2 nitrogen and oxygen atoms in total. The Hall–Kier alpha value is -0.0800. The van der Waals surface area contributed by atoms with Crippen LogP contribution in [0.4, 0.5) is 0 Å². The highest BCUT2D eigenvalue weighted by Crippen LogP contribution is 2.20. The van der Waals surface area contributed by atoms with E-state index in [-0.39, 0.29) is 20.0 Å². The molecule has 0 aromatic heterocycles. The Bertz CT molecular complexity index is 91.8. The molecule has 0 aromatic carbocycles. The van der Waals surface area contributed by atoms with Crippen LogP contribution in [0.15, 0.2) is 0 Å². The maximum atomic E-state index is 9.37. The van der Waals surface area contributed by atoms with Crippen LogP contribution in [-0.4, -0.2) is 22.9 Å². The van der Waals surface area contributed by atoms with Crippen molar-refractivity contribution in [2.75, 3.05) is 6.61 Å². The van der Waals surface area contributed by atoms with Crippen LogP contribution < -0.4 is 0 Å². The monoisotopic (exact) mass is 176 g/mol. The molecule has 0 fully saturated rings. The van der Waals surface area contributed by atoms with Gasteiger partial charge in [0, 0.05) is 0 Å². The molecule has 0 unspecified atom stereocenters. The summed E-state index contributed by atoms with van der Waals surface area (Å²) in [5.74, 6) is 0.710. The molecular weight excluding hydrogens is 152 g/mol. The number of aliphatic hydroxyl groups is 2. The Balaban J connectivity index is 0. The molecule has 0 saturated heterocycles. The summed E-state index contributed by atoms with van der Waals surface area (Å²) in [5.41, 5.74) is 0. The summed E-state index contributed by atoms with van der Waals surface area (Å²) >= 11 is 0. The van der Waals surface area contributed by atoms with Crippen molar-refractivity contribution in [2.45, 2.75) is 47.1 Å². The Morgan fingerprint density at radius 1 is 1.25 bits per heavy atom. The second-order valence-corrected chi connectivity index (χ2v) is 3.45. The van der Waals surface area contributed by atoms with Crippen molar-refractivity contribution in [2.24, 2.45) is 11.8 Å². The second-order valence-electron chi connectivity index (χ2n) is 3.45. The third-order valence-corrected chi connectivity index (χ3v) is 2.16. The minimum Gasteiger partial charge on any atom is -0.394 e. The Morgan fingerprint density at radius 2 is 1.75 bits per heavy atom. The van der Waals surface area contributed by atoms with Crippen molar-refractivity contribution in [1.29, 1.82) is 0 Å². The zero-order valence-corrected chi connectivity index (χ0v) is 7.75. The van der Waals surface area contributed by atoms with Crippen LogP contribution in [0, 0.1) is 11.8 Å². The highest BCUT2D eigenvalue weighted by atomic mass is 16.3. The van der Waals surface area contributed by atoms with E-state index in [1.165, 1.54) is 0 Å². The van der Waals surface area contributed by atoms with Crippen molar-refractivity contribution in [3.63, 3.8) is 0 Å². The Labute approximate surface area is 76.6 Å². The first kappa shape index (κ1) is 14.4. The average Bonchev–Trinajstić information content (AvgIpc) is 1.98. The predicted octanol–water partition coefficient (Wildman–Crippen LogP) is 2.05. The fraction of sp³-hybridized carbons (Fsp3) is 1.00. The van der Waals surface area contributed by atoms with Crippen LogP contribution in [-0.2, 0) is 0 Å². The highest BCUT2D eigenvalue weighted by molar-refractivity contribution is 4.70. The molecule has 2 N–H and O–H groups in total. The van der Waals surface area contributed by atoms with Gasteiger partial charge in [-0.1, -0.05) is 34.6 Å². The van der Waals surface area contributed by atoms with E-state index < -0.39 is 6.10 Å². The van der Waals surface area contributed by atoms with E-state index in [1.54, 1.807) is 0 Å². The lowest BCUT2D eigenvalue weighted by molar-refractivity contribution is 0.0251. The van der Waals surface area contributed by atoms with E-state index >= 15 is 0 Å². The van der Waals surface area contributed by atoms with Gasteiger partial charge in [0.2, 0.25) is 0 Å². The normalized spacial score (nSPS) is 15.5. The van der Waals surface area contributed by atoms with Crippen LogP contribution in [0.3, 0.4) is 0 Å². The molecule has 0 spiro atoms. The molecule has 2 atom stereocenters. The first-order valence-electron chi connectivity index (χ1n) is 4.42. The molecule has 12 heavy (non-hydrogen) atoms. The van der Waals surface area contributed by atoms with Gasteiger partial charge in [0.15, 0.2) is 0 Å². The molecule has 2 heteroatoms. The minimum absolute atomic E-state index is 0. The highest BCUT2D eigenvalue weighted by Gasteiger charge is 2.20. The first-order valence-corrected chi connectivity index (χ1v) is 4.42. The molecule has 0 aliphatic carbocycles. The van der Waals surface area contributed by atoms with E-state index in [1.807, 2.05) is 0 Å². The van der Waals surface area contributed by atoms with Gasteiger partial charge in [-0.15, -0.1) is 0 Å². The van der Waals surface area contributed by atoms with Crippen LogP contribution in [0.5, 0.6) is 0 Å². The molecule has 0 amide bonds. The van der Waals surface area contributed by atoms with Crippen molar-refractivity contribution in [1.82, 2.24) is 0 Å². The van der Waals surface area contributed by atoms with Crippen LogP contribution >= 0.6 is 0 Å². The van der Waals surface area contributed by atoms with Gasteiger partial charge < -0.3 is 10.2 Å². The van der Waals surface area contributed by atoms with Crippen molar-refractivity contribution >= 4 is 0 Å². The zero-order chi connectivity index (χ0) is 8.85. The molecule has 0 bridgehead atoms. The van der Waals surface area contributed by atoms with Gasteiger partial charge in [-0.3, -0.25) is 0 Å². The van der Waals surface area contributed by atoms with Gasteiger partial charge in [0.05, 0.1) is 12.7 Å². The van der Waals surface area contributed by atoms with Gasteiger partial charge in [0.1, 0.15) is 0 Å². The topological polar surface area (TPSA) is 40.5 Å². The minimum atomic E-state index is -0.532. The lowest BCUT2D eigenvalue weighted by Gasteiger charge is -2.24. The molecule has 0 rings (SSSR count). The quantitative estimate of drug-likeness (QED) is 0.673. The predicted molar refractivity (Wildman–Crippen MR) is 53.1 cm³/mol. The largest absolute Gasteiger partial charge is 0.394 e. The SMILES string of the molecule is C.CCC[C@H](C(C)C)[C@H](O)CO. The molecule has 0 radical (unpaired) electrons. The van der Waals surface area contributed by atoms with Crippen LogP contribution in [0.25, 0.3) is 0 Å². The summed E-state index contributed by atoms with van der Waals surface area (Å²) in [7, 11) is 0. The first-order chi connectivity index (χ1) is 5.13. The number of hydrogen-bond donors (Lipinski definition) is 2. The molecule has 76 valence electrons. The van der Waals surface area contributed by atoms with Gasteiger partial charge in [0.25, 0.3) is 0 Å². The summed E-state index contributed by atoms with van der Waals surface area (Å²) in [6.07, 6.45) is 1.54. The molecule has 0 heterocycles. The van der Waals surface area contributed by atoms with Crippen molar-refractivity contribution in [3.8, 4) is 0 Å². The molecule has 0 saturated carbocycles. The summed E-state index contributed by atoms with van der Waals surface area (Å²) in [6, 6.07) is 0. The lowest BCUT2D eigenvalue weighted by Crippen LogP contribution is -2.28. The van der Waals surface area contributed by atoms with E-state index in [0.717, 1.165) is 12.8 Å². The summed E-state index contributed by atoms with van der Waals surface area (Å²) in [6.45, 7) is 6.15. The van der Waals surface area contributed by atoms with Crippen LogP contribution in [0.1, 0.15) is 41.0 Å². The number of rotatable bonds is 5.